The van der Waals surface area contributed by atoms with Crippen molar-refractivity contribution in [3.05, 3.63) is 38.0 Å². The molecule has 0 aliphatic rings. The topological polar surface area (TPSA) is 26.3 Å². The second-order valence-corrected chi connectivity index (χ2v) is 6.26. The van der Waals surface area contributed by atoms with E-state index in [1.807, 2.05) is 33.3 Å². The number of ether oxygens (including phenoxy) is 1. The van der Waals surface area contributed by atoms with Crippen molar-refractivity contribution < 1.29 is 43.3 Å². The minimum atomic E-state index is -0.349. The molecule has 0 aromatic heterocycles. The summed E-state index contributed by atoms with van der Waals surface area (Å²) < 4.78 is 6.54. The highest BCUT2D eigenvalue weighted by Gasteiger charge is 2.08. The third-order valence-electron chi connectivity index (χ3n) is 2.42. The maximum atomic E-state index is 10.6. The highest BCUT2D eigenvalue weighted by atomic mass is 35.5. The molecule has 0 aromatic rings. The van der Waals surface area contributed by atoms with E-state index in [1.165, 1.54) is 6.08 Å². The molecule has 0 fully saturated rings. The van der Waals surface area contributed by atoms with Gasteiger partial charge in [0.25, 0.3) is 0 Å². The Morgan fingerprint density at radius 1 is 0.955 bits per heavy atom. The first kappa shape index (κ1) is 29.2. The first-order valence-corrected chi connectivity index (χ1v) is 6.71. The second-order valence-electron chi connectivity index (χ2n) is 6.26. The maximum Gasteiger partial charge on any atom is 0.330 e. The van der Waals surface area contributed by atoms with Crippen LogP contribution in [0.1, 0.15) is 0 Å². The van der Waals surface area contributed by atoms with Crippen LogP contribution < -0.4 is 24.8 Å². The predicted octanol–water partition coefficient (Wildman–Crippen LogP) is -4.14. The summed E-state index contributed by atoms with van der Waals surface area (Å²) in [6.07, 6.45) is 5.04. The van der Waals surface area contributed by atoms with Crippen molar-refractivity contribution in [1.82, 2.24) is 0 Å². The van der Waals surface area contributed by atoms with Crippen LogP contribution in [0.5, 0.6) is 0 Å². The van der Waals surface area contributed by atoms with Gasteiger partial charge in [0.15, 0.2) is 0 Å². The molecule has 0 saturated heterocycles. The maximum absolute atomic E-state index is 10.6. The van der Waals surface area contributed by atoms with E-state index in [1.54, 1.807) is 0 Å². The lowest BCUT2D eigenvalue weighted by molar-refractivity contribution is -0.878. The van der Waals surface area contributed by atoms with Gasteiger partial charge in [-0.2, -0.15) is 0 Å². The molecule has 0 aromatic carbocycles. The quantitative estimate of drug-likeness (QED) is 0.191. The molecule has 0 N–H and O–H groups in total. The lowest BCUT2D eigenvalue weighted by Gasteiger charge is -2.26. The average Bonchev–Trinajstić information content (AvgIpc) is 2.27. The van der Waals surface area contributed by atoms with Crippen LogP contribution in [0.2, 0.25) is 0 Å². The Labute approximate surface area is 149 Å². The van der Waals surface area contributed by atoms with E-state index in [9.17, 15) is 4.79 Å². The number of likely N-dealkylation sites (N-methyl/N-ethyl adjacent to an activating group) is 2. The largest absolute Gasteiger partial charge is 1.00 e. The van der Waals surface area contributed by atoms with Gasteiger partial charge in [-0.05, 0) is 12.2 Å². The lowest BCUT2D eigenvalue weighted by atomic mass is 10.4. The van der Waals surface area contributed by atoms with Crippen molar-refractivity contribution >= 4 is 5.97 Å². The molecule has 0 rings (SSSR count). The Kier molecular flexibility index (Phi) is 20.1. The van der Waals surface area contributed by atoms with Gasteiger partial charge in [-0.15, -0.1) is 0 Å². The summed E-state index contributed by atoms with van der Waals surface area (Å²) in [5.74, 6) is -0.349. The smallest absolute Gasteiger partial charge is 0.330 e. The second kappa shape index (κ2) is 15.1. The third kappa shape index (κ3) is 24.2. The van der Waals surface area contributed by atoms with E-state index < -0.39 is 0 Å². The summed E-state index contributed by atoms with van der Waals surface area (Å²) >= 11 is 0. The number of rotatable bonds is 8. The van der Waals surface area contributed by atoms with E-state index >= 15 is 0 Å². The number of nitrogens with zero attached hydrogens (tertiary/aromatic N) is 2. The molecular weight excluding hydrogens is 323 g/mol. The van der Waals surface area contributed by atoms with Crippen molar-refractivity contribution in [3.8, 4) is 0 Å². The minimum absolute atomic E-state index is 0. The van der Waals surface area contributed by atoms with Crippen LogP contribution in [0.25, 0.3) is 0 Å². The summed E-state index contributed by atoms with van der Waals surface area (Å²) in [4.78, 5) is 10.6. The Morgan fingerprint density at radius 3 is 1.64 bits per heavy atom. The number of quaternary nitrogens is 2. The standard InChI is InChI=1S/C8H16NO2.C8H16N.2ClH/c1-5-8(10)11-7-6-9(2,3)4;1-5-7-9(3,4)8-6-2;;/h5H,1,6-7H2,2-4H3;5-6H,1-2,7-8H2,3-4H3;2*1H/q2*+1;;/p-2. The van der Waals surface area contributed by atoms with E-state index in [4.69, 9.17) is 4.74 Å². The SMILES string of the molecule is C=CC(=O)OCC[N+](C)(C)C.C=CC[N+](C)(C)CC=C.[Cl-].[Cl-]. The van der Waals surface area contributed by atoms with Gasteiger partial charge < -0.3 is 38.5 Å². The molecule has 6 heteroatoms. The van der Waals surface area contributed by atoms with Gasteiger partial charge in [-0.3, -0.25) is 0 Å². The fourth-order valence-electron chi connectivity index (χ4n) is 1.25. The summed E-state index contributed by atoms with van der Waals surface area (Å²) in [7, 11) is 10.4. The molecule has 0 bridgehead atoms. The van der Waals surface area contributed by atoms with Crippen molar-refractivity contribution in [2.45, 2.75) is 0 Å². The van der Waals surface area contributed by atoms with Crippen LogP contribution in [-0.4, -0.2) is 76.4 Å². The molecule has 0 amide bonds. The number of carbonyl (C=O) groups is 1. The molecule has 0 aliphatic carbocycles. The predicted molar refractivity (Wildman–Crippen MR) is 86.3 cm³/mol. The fraction of sp³-hybridized carbons (Fsp3) is 0.562. The number of hydrogen-bond acceptors (Lipinski definition) is 2. The van der Waals surface area contributed by atoms with Crippen LogP contribution in [0.15, 0.2) is 38.0 Å². The van der Waals surface area contributed by atoms with E-state index in [2.05, 4.69) is 33.8 Å². The van der Waals surface area contributed by atoms with Crippen LogP contribution in [0.4, 0.5) is 0 Å². The first-order chi connectivity index (χ1) is 9.08. The van der Waals surface area contributed by atoms with Crippen LogP contribution in [-0.2, 0) is 9.53 Å². The molecule has 0 saturated carbocycles. The zero-order chi connectivity index (χ0) is 16.2. The van der Waals surface area contributed by atoms with Gasteiger partial charge in [0, 0.05) is 6.08 Å². The average molecular weight is 355 g/mol. The van der Waals surface area contributed by atoms with Gasteiger partial charge >= 0.3 is 5.97 Å². The first-order valence-electron chi connectivity index (χ1n) is 6.71. The van der Waals surface area contributed by atoms with Gasteiger partial charge in [0.2, 0.25) is 0 Å². The van der Waals surface area contributed by atoms with Crippen molar-refractivity contribution in [2.75, 3.05) is 61.5 Å². The Balaban J connectivity index is -0.000000137. The van der Waals surface area contributed by atoms with E-state index in [0.29, 0.717) is 6.61 Å². The summed E-state index contributed by atoms with van der Waals surface area (Å²) in [5.41, 5.74) is 0. The van der Waals surface area contributed by atoms with Gasteiger partial charge in [0.1, 0.15) is 13.2 Å². The van der Waals surface area contributed by atoms with Crippen molar-refractivity contribution in [1.29, 1.82) is 0 Å². The van der Waals surface area contributed by atoms with E-state index in [0.717, 1.165) is 28.6 Å². The zero-order valence-corrected chi connectivity index (χ0v) is 16.2. The Hall–Kier alpha value is -0.810. The third-order valence-corrected chi connectivity index (χ3v) is 2.42. The van der Waals surface area contributed by atoms with Gasteiger partial charge in [0.05, 0.1) is 48.3 Å². The molecule has 0 spiro atoms. The Morgan fingerprint density at radius 2 is 1.36 bits per heavy atom. The van der Waals surface area contributed by atoms with Gasteiger partial charge in [-0.25, -0.2) is 4.79 Å². The normalized spacial score (nSPS) is 9.86. The van der Waals surface area contributed by atoms with E-state index in [-0.39, 0.29) is 30.8 Å². The highest BCUT2D eigenvalue weighted by Crippen LogP contribution is 1.95. The molecule has 4 nitrogen and oxygen atoms in total. The molecule has 132 valence electrons. The zero-order valence-electron chi connectivity index (χ0n) is 14.6. The van der Waals surface area contributed by atoms with Crippen molar-refractivity contribution in [3.63, 3.8) is 0 Å². The molecule has 0 unspecified atom stereocenters. The number of halogens is 2. The van der Waals surface area contributed by atoms with Crippen molar-refractivity contribution in [2.24, 2.45) is 0 Å². The Bertz CT molecular complexity index is 313. The summed E-state index contributed by atoms with van der Waals surface area (Å²) in [5, 5.41) is 0. The number of carbonyl (C=O) groups excluding carboxylic acids is 1. The lowest BCUT2D eigenvalue weighted by Crippen LogP contribution is -3.00. The molecule has 0 heterocycles. The summed E-state index contributed by atoms with van der Waals surface area (Å²) in [6, 6.07) is 0. The minimum Gasteiger partial charge on any atom is -1.00 e. The number of hydrogen-bond donors (Lipinski definition) is 0. The molecule has 0 atom stereocenters. The number of esters is 1. The highest BCUT2D eigenvalue weighted by molar-refractivity contribution is 5.81. The van der Waals surface area contributed by atoms with Crippen LogP contribution in [0.3, 0.4) is 0 Å². The van der Waals surface area contributed by atoms with Crippen LogP contribution in [0, 0.1) is 0 Å². The molecule has 0 radical (unpaired) electrons. The van der Waals surface area contributed by atoms with Gasteiger partial charge in [-0.1, -0.05) is 19.7 Å². The molecule has 22 heavy (non-hydrogen) atoms. The summed E-state index contributed by atoms with van der Waals surface area (Å²) in [6.45, 7) is 13.9. The fourth-order valence-corrected chi connectivity index (χ4v) is 1.25. The molecule has 0 aliphatic heterocycles. The molecular formula is C16H32Cl2N2O2. The monoisotopic (exact) mass is 354 g/mol. The van der Waals surface area contributed by atoms with Crippen LogP contribution >= 0.6 is 0 Å².